The Labute approximate surface area is 216 Å². The molecule has 2 saturated carbocycles. The lowest BCUT2D eigenvalue weighted by Crippen LogP contribution is -2.46. The highest BCUT2D eigenvalue weighted by atomic mass is 16.5. The number of ketones is 2. The van der Waals surface area contributed by atoms with Crippen molar-refractivity contribution in [3.8, 4) is 5.75 Å². The lowest BCUT2D eigenvalue weighted by molar-refractivity contribution is -0.130. The molecule has 5 rings (SSSR count). The number of aryl methyl sites for hydroxylation is 1. The standard InChI is InChI=1S/C32H41NO3/c1-5-33(6-2)17-18-36-25-11-7-22(8-12-25)28-20-32(4)29(15-16-30(32)35)27-14-10-24-19-23(21(3)34)9-13-26(24)31(27)28/h7-9,11-13,19,27-29,31H,5-6,10,14-18,20H2,1-4H3/t27-,28+,29-,31+,32-/m0/s1. The Kier molecular flexibility index (Phi) is 7.09. The zero-order chi connectivity index (χ0) is 25.4. The van der Waals surface area contributed by atoms with E-state index in [1.54, 1.807) is 6.92 Å². The minimum atomic E-state index is -0.221. The molecule has 2 fully saturated rings. The van der Waals surface area contributed by atoms with Gasteiger partial charge >= 0.3 is 0 Å². The maximum atomic E-state index is 13.2. The second-order valence-electron chi connectivity index (χ2n) is 11.4. The van der Waals surface area contributed by atoms with Crippen LogP contribution in [0, 0.1) is 17.3 Å². The molecule has 3 aliphatic rings. The largest absolute Gasteiger partial charge is 0.492 e. The normalized spacial score (nSPS) is 29.0. The van der Waals surface area contributed by atoms with E-state index in [0.717, 1.165) is 63.1 Å². The molecule has 36 heavy (non-hydrogen) atoms. The van der Waals surface area contributed by atoms with Gasteiger partial charge in [0.1, 0.15) is 18.1 Å². The third-order valence-corrected chi connectivity index (χ3v) is 9.73. The summed E-state index contributed by atoms with van der Waals surface area (Å²) in [7, 11) is 0. The summed E-state index contributed by atoms with van der Waals surface area (Å²) in [5, 5.41) is 0. The molecule has 192 valence electrons. The third-order valence-electron chi connectivity index (χ3n) is 9.73. The van der Waals surface area contributed by atoms with Crippen LogP contribution in [0.2, 0.25) is 0 Å². The maximum Gasteiger partial charge on any atom is 0.159 e. The molecule has 4 nitrogen and oxygen atoms in total. The van der Waals surface area contributed by atoms with Crippen molar-refractivity contribution in [1.82, 2.24) is 4.90 Å². The number of hydrogen-bond acceptors (Lipinski definition) is 4. The molecule has 0 saturated heterocycles. The summed E-state index contributed by atoms with van der Waals surface area (Å²) in [5.74, 6) is 3.18. The van der Waals surface area contributed by atoms with Gasteiger partial charge in [-0.3, -0.25) is 9.59 Å². The maximum absolute atomic E-state index is 13.2. The third kappa shape index (κ3) is 4.42. The molecule has 0 radical (unpaired) electrons. The number of fused-ring (bicyclic) bond motifs is 5. The van der Waals surface area contributed by atoms with Crippen LogP contribution in [0.3, 0.4) is 0 Å². The SMILES string of the molecule is CCN(CC)CCOc1ccc([C@H]2C[C@]3(C)C(=O)CC[C@H]3[C@@H]3CCc4cc(C(C)=O)ccc4[C@H]32)cc1. The topological polar surface area (TPSA) is 46.6 Å². The molecule has 0 spiro atoms. The van der Waals surface area contributed by atoms with Gasteiger partial charge in [0.2, 0.25) is 0 Å². The second kappa shape index (κ2) is 10.1. The number of carbonyl (C=O) groups is 2. The van der Waals surface area contributed by atoms with Crippen LogP contribution in [-0.4, -0.2) is 42.7 Å². The first kappa shape index (κ1) is 25.2. The van der Waals surface area contributed by atoms with Crippen molar-refractivity contribution in [1.29, 1.82) is 0 Å². The molecule has 5 atom stereocenters. The number of benzene rings is 2. The van der Waals surface area contributed by atoms with E-state index >= 15 is 0 Å². The Morgan fingerprint density at radius 1 is 1.06 bits per heavy atom. The fourth-order valence-electron chi connectivity index (χ4n) is 7.67. The molecule has 2 aromatic carbocycles. The highest BCUT2D eigenvalue weighted by Gasteiger charge is 2.57. The van der Waals surface area contributed by atoms with Gasteiger partial charge in [-0.05, 0) is 104 Å². The number of hydrogen-bond donors (Lipinski definition) is 0. The van der Waals surface area contributed by atoms with Crippen LogP contribution in [0.15, 0.2) is 42.5 Å². The number of Topliss-reactive ketones (excluding diaryl/α,β-unsaturated/α-hetero) is 2. The molecule has 0 aliphatic heterocycles. The first-order valence-corrected chi connectivity index (χ1v) is 14.0. The summed E-state index contributed by atoms with van der Waals surface area (Å²) >= 11 is 0. The summed E-state index contributed by atoms with van der Waals surface area (Å²) in [6.07, 6.45) is 4.78. The average molecular weight is 488 g/mol. The predicted octanol–water partition coefficient (Wildman–Crippen LogP) is 6.43. The molecule has 2 aromatic rings. The molecular weight excluding hydrogens is 446 g/mol. The Balaban J connectivity index is 1.45. The van der Waals surface area contributed by atoms with Gasteiger partial charge < -0.3 is 9.64 Å². The van der Waals surface area contributed by atoms with Gasteiger partial charge in [-0.1, -0.05) is 45.0 Å². The van der Waals surface area contributed by atoms with E-state index in [0.29, 0.717) is 36.1 Å². The van der Waals surface area contributed by atoms with Crippen molar-refractivity contribution in [2.45, 2.75) is 71.6 Å². The minimum Gasteiger partial charge on any atom is -0.492 e. The molecule has 0 heterocycles. The van der Waals surface area contributed by atoms with Crippen molar-refractivity contribution in [3.05, 3.63) is 64.7 Å². The zero-order valence-electron chi connectivity index (χ0n) is 22.4. The van der Waals surface area contributed by atoms with Gasteiger partial charge in [-0.25, -0.2) is 0 Å². The van der Waals surface area contributed by atoms with Crippen LogP contribution in [0.25, 0.3) is 0 Å². The fraction of sp³-hybridized carbons (Fsp3) is 0.562. The Hall–Kier alpha value is -2.46. The minimum absolute atomic E-state index is 0.130. The lowest BCUT2D eigenvalue weighted by Gasteiger charge is -2.52. The monoisotopic (exact) mass is 487 g/mol. The summed E-state index contributed by atoms with van der Waals surface area (Å²) in [6, 6.07) is 15.1. The van der Waals surface area contributed by atoms with Crippen LogP contribution in [0.4, 0.5) is 0 Å². The van der Waals surface area contributed by atoms with Crippen LogP contribution in [-0.2, 0) is 11.2 Å². The Bertz CT molecular complexity index is 1120. The van der Waals surface area contributed by atoms with Crippen molar-refractivity contribution in [3.63, 3.8) is 0 Å². The quantitative estimate of drug-likeness (QED) is 0.403. The number of rotatable bonds is 8. The van der Waals surface area contributed by atoms with E-state index in [-0.39, 0.29) is 11.2 Å². The molecule has 0 bridgehead atoms. The van der Waals surface area contributed by atoms with Crippen LogP contribution >= 0.6 is 0 Å². The van der Waals surface area contributed by atoms with E-state index in [4.69, 9.17) is 4.74 Å². The highest BCUT2D eigenvalue weighted by molar-refractivity contribution is 5.94. The van der Waals surface area contributed by atoms with Gasteiger partial charge in [0.15, 0.2) is 5.78 Å². The lowest BCUT2D eigenvalue weighted by atomic mass is 9.51. The van der Waals surface area contributed by atoms with Gasteiger partial charge in [0.25, 0.3) is 0 Å². The van der Waals surface area contributed by atoms with Gasteiger partial charge in [-0.2, -0.15) is 0 Å². The van der Waals surface area contributed by atoms with E-state index in [9.17, 15) is 9.59 Å². The smallest absolute Gasteiger partial charge is 0.159 e. The average Bonchev–Trinajstić information content (AvgIpc) is 3.20. The van der Waals surface area contributed by atoms with Crippen LogP contribution < -0.4 is 4.74 Å². The first-order chi connectivity index (χ1) is 17.4. The summed E-state index contributed by atoms with van der Waals surface area (Å²) in [5.41, 5.74) is 4.64. The summed E-state index contributed by atoms with van der Waals surface area (Å²) in [6.45, 7) is 12.0. The van der Waals surface area contributed by atoms with Crippen molar-refractivity contribution < 1.29 is 14.3 Å². The van der Waals surface area contributed by atoms with Gasteiger partial charge in [-0.15, -0.1) is 0 Å². The second-order valence-corrected chi connectivity index (χ2v) is 11.4. The van der Waals surface area contributed by atoms with Crippen molar-refractivity contribution in [2.75, 3.05) is 26.2 Å². The van der Waals surface area contributed by atoms with E-state index < -0.39 is 0 Å². The fourth-order valence-corrected chi connectivity index (χ4v) is 7.67. The summed E-state index contributed by atoms with van der Waals surface area (Å²) in [4.78, 5) is 27.6. The van der Waals surface area contributed by atoms with E-state index in [1.165, 1.54) is 16.7 Å². The number of likely N-dealkylation sites (N-methyl/N-ethyl adjacent to an activating group) is 1. The Morgan fingerprint density at radius 2 is 1.81 bits per heavy atom. The number of ether oxygens (including phenoxy) is 1. The molecule has 0 amide bonds. The molecular formula is C32H41NO3. The molecule has 3 aliphatic carbocycles. The van der Waals surface area contributed by atoms with E-state index in [1.807, 2.05) is 6.07 Å². The summed E-state index contributed by atoms with van der Waals surface area (Å²) < 4.78 is 6.06. The number of nitrogens with zero attached hydrogens (tertiary/aromatic N) is 1. The molecule has 0 aromatic heterocycles. The highest BCUT2D eigenvalue weighted by Crippen LogP contribution is 2.64. The van der Waals surface area contributed by atoms with E-state index in [2.05, 4.69) is 62.1 Å². The van der Waals surface area contributed by atoms with Crippen LogP contribution in [0.5, 0.6) is 5.75 Å². The van der Waals surface area contributed by atoms with Gasteiger partial charge in [0.05, 0.1) is 0 Å². The molecule has 0 unspecified atom stereocenters. The zero-order valence-corrected chi connectivity index (χ0v) is 22.4. The van der Waals surface area contributed by atoms with Crippen molar-refractivity contribution >= 4 is 11.6 Å². The Morgan fingerprint density at radius 3 is 2.50 bits per heavy atom. The number of carbonyl (C=O) groups excluding carboxylic acids is 2. The molecule has 0 N–H and O–H groups in total. The molecule has 4 heteroatoms. The first-order valence-electron chi connectivity index (χ1n) is 14.0. The van der Waals surface area contributed by atoms with Crippen LogP contribution in [0.1, 0.15) is 92.3 Å². The van der Waals surface area contributed by atoms with Gasteiger partial charge in [0, 0.05) is 23.9 Å². The predicted molar refractivity (Wildman–Crippen MR) is 144 cm³/mol. The van der Waals surface area contributed by atoms with Crippen molar-refractivity contribution in [2.24, 2.45) is 17.3 Å².